The van der Waals surface area contributed by atoms with E-state index in [2.05, 4.69) is 9.97 Å². The van der Waals surface area contributed by atoms with Crippen LogP contribution in [0.2, 0.25) is 0 Å². The monoisotopic (exact) mass is 203 g/mol. The number of hydrogen-bond donors (Lipinski definition) is 1. The quantitative estimate of drug-likeness (QED) is 0.772. The molecule has 0 atom stereocenters. The number of nitrogens with zero attached hydrogens (tertiary/aromatic N) is 2. The van der Waals surface area contributed by atoms with Gasteiger partial charge in [-0.05, 0) is 19.1 Å². The van der Waals surface area contributed by atoms with Crippen molar-refractivity contribution in [2.24, 2.45) is 0 Å². The Hall–Kier alpha value is -1.97. The van der Waals surface area contributed by atoms with Crippen molar-refractivity contribution in [2.75, 3.05) is 5.73 Å². The average Bonchev–Trinajstić information content (AvgIpc) is 2.22. The minimum atomic E-state index is -0.307. The second-order valence-corrected chi connectivity index (χ2v) is 3.31. The van der Waals surface area contributed by atoms with Gasteiger partial charge in [0.25, 0.3) is 0 Å². The standard InChI is InChI=1S/C11H10FN3/c1-7-2-3-9(12)8(4-7)10-5-11(13)15-6-14-10/h2-6H,1H3,(H2,13,14,15). The van der Waals surface area contributed by atoms with Crippen LogP contribution in [0.4, 0.5) is 10.2 Å². The molecule has 0 unspecified atom stereocenters. The lowest BCUT2D eigenvalue weighted by molar-refractivity contribution is 0.630. The highest BCUT2D eigenvalue weighted by Crippen LogP contribution is 2.22. The predicted octanol–water partition coefficient (Wildman–Crippen LogP) is 2.17. The summed E-state index contributed by atoms with van der Waals surface area (Å²) in [6.45, 7) is 1.90. The fourth-order valence-electron chi connectivity index (χ4n) is 1.36. The van der Waals surface area contributed by atoms with Crippen LogP contribution in [0.15, 0.2) is 30.6 Å². The maximum Gasteiger partial charge on any atom is 0.132 e. The highest BCUT2D eigenvalue weighted by molar-refractivity contribution is 5.62. The lowest BCUT2D eigenvalue weighted by Gasteiger charge is -2.03. The first-order valence-electron chi connectivity index (χ1n) is 4.51. The van der Waals surface area contributed by atoms with Crippen LogP contribution in [0.3, 0.4) is 0 Å². The zero-order valence-corrected chi connectivity index (χ0v) is 8.24. The van der Waals surface area contributed by atoms with Crippen LogP contribution >= 0.6 is 0 Å². The van der Waals surface area contributed by atoms with Gasteiger partial charge in [0, 0.05) is 11.6 Å². The minimum Gasteiger partial charge on any atom is -0.384 e. The summed E-state index contributed by atoms with van der Waals surface area (Å²) in [5, 5.41) is 0. The van der Waals surface area contributed by atoms with Crippen LogP contribution in [0.25, 0.3) is 11.3 Å². The number of nitrogen functional groups attached to an aromatic ring is 1. The Bertz CT molecular complexity index is 497. The summed E-state index contributed by atoms with van der Waals surface area (Å²) in [4.78, 5) is 7.74. The van der Waals surface area contributed by atoms with Gasteiger partial charge in [-0.3, -0.25) is 0 Å². The lowest BCUT2D eigenvalue weighted by Crippen LogP contribution is -1.94. The maximum absolute atomic E-state index is 13.5. The molecule has 1 aromatic heterocycles. The normalized spacial score (nSPS) is 10.3. The molecular weight excluding hydrogens is 193 g/mol. The highest BCUT2D eigenvalue weighted by atomic mass is 19.1. The van der Waals surface area contributed by atoms with Crippen molar-refractivity contribution in [1.82, 2.24) is 9.97 Å². The van der Waals surface area contributed by atoms with E-state index >= 15 is 0 Å². The summed E-state index contributed by atoms with van der Waals surface area (Å²) < 4.78 is 13.5. The van der Waals surface area contributed by atoms with Crippen LogP contribution in [0.5, 0.6) is 0 Å². The minimum absolute atomic E-state index is 0.307. The molecule has 4 heteroatoms. The van der Waals surface area contributed by atoms with Gasteiger partial charge in [0.05, 0.1) is 5.69 Å². The van der Waals surface area contributed by atoms with Gasteiger partial charge in [-0.15, -0.1) is 0 Å². The summed E-state index contributed by atoms with van der Waals surface area (Å²) >= 11 is 0. The smallest absolute Gasteiger partial charge is 0.132 e. The van der Waals surface area contributed by atoms with E-state index in [9.17, 15) is 4.39 Å². The van der Waals surface area contributed by atoms with E-state index in [1.807, 2.05) is 6.92 Å². The first-order valence-corrected chi connectivity index (χ1v) is 4.51. The number of aryl methyl sites for hydroxylation is 1. The van der Waals surface area contributed by atoms with E-state index in [1.165, 1.54) is 12.4 Å². The van der Waals surface area contributed by atoms with Crippen LogP contribution in [0, 0.1) is 12.7 Å². The second kappa shape index (κ2) is 3.65. The summed E-state index contributed by atoms with van der Waals surface area (Å²) in [5.41, 5.74) is 7.44. The number of aromatic nitrogens is 2. The second-order valence-electron chi connectivity index (χ2n) is 3.31. The number of anilines is 1. The highest BCUT2D eigenvalue weighted by Gasteiger charge is 2.06. The Labute approximate surface area is 86.8 Å². The van der Waals surface area contributed by atoms with Gasteiger partial charge >= 0.3 is 0 Å². The van der Waals surface area contributed by atoms with Gasteiger partial charge in [-0.25, -0.2) is 14.4 Å². The number of halogens is 1. The molecule has 3 nitrogen and oxygen atoms in total. The summed E-state index contributed by atoms with van der Waals surface area (Å²) in [6, 6.07) is 6.42. The molecule has 0 aliphatic heterocycles. The molecule has 0 saturated carbocycles. The van der Waals surface area contributed by atoms with Gasteiger partial charge in [0.15, 0.2) is 0 Å². The van der Waals surface area contributed by atoms with E-state index in [1.54, 1.807) is 18.2 Å². The molecule has 0 fully saturated rings. The molecule has 2 N–H and O–H groups in total. The molecule has 2 rings (SSSR count). The fraction of sp³-hybridized carbons (Fsp3) is 0.0909. The molecule has 2 aromatic rings. The molecule has 0 aliphatic carbocycles. The van der Waals surface area contributed by atoms with Gasteiger partial charge in [-0.2, -0.15) is 0 Å². The number of rotatable bonds is 1. The summed E-state index contributed by atoms with van der Waals surface area (Å²) in [6.07, 6.45) is 1.33. The molecule has 0 spiro atoms. The van der Waals surface area contributed by atoms with Crippen molar-refractivity contribution in [3.63, 3.8) is 0 Å². The number of benzene rings is 1. The molecule has 0 aliphatic rings. The topological polar surface area (TPSA) is 51.8 Å². The number of hydrogen-bond acceptors (Lipinski definition) is 3. The van der Waals surface area contributed by atoms with Gasteiger partial charge in [0.1, 0.15) is 18.0 Å². The van der Waals surface area contributed by atoms with E-state index in [0.717, 1.165) is 5.56 Å². The Morgan fingerprint density at radius 1 is 1.20 bits per heavy atom. The molecule has 0 bridgehead atoms. The predicted molar refractivity (Wildman–Crippen MR) is 56.6 cm³/mol. The van der Waals surface area contributed by atoms with Crippen LogP contribution in [-0.4, -0.2) is 9.97 Å². The first-order chi connectivity index (χ1) is 7.16. The maximum atomic E-state index is 13.5. The van der Waals surface area contributed by atoms with Crippen LogP contribution in [-0.2, 0) is 0 Å². The van der Waals surface area contributed by atoms with Crippen molar-refractivity contribution in [3.05, 3.63) is 42.0 Å². The number of nitrogens with two attached hydrogens (primary N) is 1. The van der Waals surface area contributed by atoms with Crippen molar-refractivity contribution in [2.45, 2.75) is 6.92 Å². The van der Waals surface area contributed by atoms with E-state index in [0.29, 0.717) is 17.1 Å². The zero-order valence-electron chi connectivity index (χ0n) is 8.24. The molecule has 76 valence electrons. The third-order valence-electron chi connectivity index (χ3n) is 2.09. The van der Waals surface area contributed by atoms with E-state index in [4.69, 9.17) is 5.73 Å². The third-order valence-corrected chi connectivity index (χ3v) is 2.09. The SMILES string of the molecule is Cc1ccc(F)c(-c2cc(N)ncn2)c1. The Morgan fingerprint density at radius 3 is 2.73 bits per heavy atom. The lowest BCUT2D eigenvalue weighted by atomic mass is 10.1. The van der Waals surface area contributed by atoms with E-state index < -0.39 is 0 Å². The van der Waals surface area contributed by atoms with Gasteiger partial charge in [0.2, 0.25) is 0 Å². The fourth-order valence-corrected chi connectivity index (χ4v) is 1.36. The third kappa shape index (κ3) is 1.93. The first kappa shape index (κ1) is 9.58. The zero-order chi connectivity index (χ0) is 10.8. The van der Waals surface area contributed by atoms with Crippen LogP contribution < -0.4 is 5.73 Å². The van der Waals surface area contributed by atoms with Crippen molar-refractivity contribution in [3.8, 4) is 11.3 Å². The Balaban J connectivity index is 2.58. The molecule has 0 amide bonds. The molecule has 15 heavy (non-hydrogen) atoms. The van der Waals surface area contributed by atoms with E-state index in [-0.39, 0.29) is 5.82 Å². The average molecular weight is 203 g/mol. The molecule has 0 saturated heterocycles. The van der Waals surface area contributed by atoms with Gasteiger partial charge < -0.3 is 5.73 Å². The Kier molecular flexibility index (Phi) is 2.33. The van der Waals surface area contributed by atoms with Gasteiger partial charge in [-0.1, -0.05) is 11.6 Å². The van der Waals surface area contributed by atoms with Crippen molar-refractivity contribution < 1.29 is 4.39 Å². The largest absolute Gasteiger partial charge is 0.384 e. The molecule has 0 radical (unpaired) electrons. The van der Waals surface area contributed by atoms with Crippen molar-refractivity contribution in [1.29, 1.82) is 0 Å². The van der Waals surface area contributed by atoms with Crippen molar-refractivity contribution >= 4 is 5.82 Å². The molecule has 1 heterocycles. The molecular formula is C11H10FN3. The summed E-state index contributed by atoms with van der Waals surface area (Å²) in [5.74, 6) is 0.0274. The Morgan fingerprint density at radius 2 is 2.00 bits per heavy atom. The molecule has 1 aromatic carbocycles. The summed E-state index contributed by atoms with van der Waals surface area (Å²) in [7, 11) is 0. The van der Waals surface area contributed by atoms with Crippen LogP contribution in [0.1, 0.15) is 5.56 Å².